The molecule has 0 atom stereocenters. The lowest BCUT2D eigenvalue weighted by atomic mass is 10.2. The van der Waals surface area contributed by atoms with E-state index in [0.717, 1.165) is 0 Å². The molecule has 2 aromatic rings. The van der Waals surface area contributed by atoms with E-state index in [2.05, 4.69) is 0 Å². The molecular weight excluding hydrogens is 405 g/mol. The van der Waals surface area contributed by atoms with Crippen LogP contribution in [0.3, 0.4) is 0 Å². The molecule has 0 radical (unpaired) electrons. The van der Waals surface area contributed by atoms with E-state index in [1.54, 1.807) is 30.3 Å². The molecule has 0 saturated heterocycles. The molecule has 2 rings (SSSR count). The van der Waals surface area contributed by atoms with Crippen LogP contribution in [0.5, 0.6) is 11.5 Å². The zero-order chi connectivity index (χ0) is 15.4. The van der Waals surface area contributed by atoms with Gasteiger partial charge in [0, 0.05) is 6.07 Å². The van der Waals surface area contributed by atoms with Crippen molar-refractivity contribution in [3.8, 4) is 17.6 Å². The molecule has 2 aromatic carbocycles. The van der Waals surface area contributed by atoms with Gasteiger partial charge in [0.05, 0.1) is 32.9 Å². The average molecular weight is 414 g/mol. The molecule has 0 aromatic heterocycles. The number of halogens is 2. The van der Waals surface area contributed by atoms with Gasteiger partial charge in [-0.2, -0.15) is 5.26 Å². The van der Waals surface area contributed by atoms with Gasteiger partial charge in [0.15, 0.2) is 11.5 Å². The van der Waals surface area contributed by atoms with E-state index in [4.69, 9.17) is 26.3 Å². The van der Waals surface area contributed by atoms with Gasteiger partial charge in [-0.05, 0) is 40.8 Å². The molecule has 6 heteroatoms. The van der Waals surface area contributed by atoms with Crippen LogP contribution in [-0.4, -0.2) is 13.1 Å². The summed E-state index contributed by atoms with van der Waals surface area (Å²) in [6.07, 6.45) is 0. The first kappa shape index (κ1) is 15.6. The third-order valence-electron chi connectivity index (χ3n) is 2.65. The Bertz CT molecular complexity index is 740. The number of carbonyl (C=O) groups excluding carboxylic acids is 1. The Kier molecular flexibility index (Phi) is 5.04. The number of nitrogens with zero attached hydrogens (tertiary/aromatic N) is 1. The summed E-state index contributed by atoms with van der Waals surface area (Å²) in [5, 5.41) is 9.25. The lowest BCUT2D eigenvalue weighted by molar-refractivity contribution is 0.0728. The van der Waals surface area contributed by atoms with Gasteiger partial charge < -0.3 is 9.47 Å². The second-order valence-corrected chi connectivity index (χ2v) is 5.54. The minimum Gasteiger partial charge on any atom is -0.493 e. The first-order valence-electron chi connectivity index (χ1n) is 5.81. The van der Waals surface area contributed by atoms with Crippen molar-refractivity contribution in [3.05, 3.63) is 56.1 Å². The molecule has 0 aliphatic heterocycles. The lowest BCUT2D eigenvalue weighted by Crippen LogP contribution is -2.11. The fourth-order valence-corrected chi connectivity index (χ4v) is 2.58. The monoisotopic (exact) mass is 413 g/mol. The zero-order valence-corrected chi connectivity index (χ0v) is 13.8. The van der Waals surface area contributed by atoms with Gasteiger partial charge in [-0.15, -0.1) is 0 Å². The van der Waals surface area contributed by atoms with E-state index in [1.807, 2.05) is 28.7 Å². The second-order valence-electron chi connectivity index (χ2n) is 3.97. The summed E-state index contributed by atoms with van der Waals surface area (Å²) in [6, 6.07) is 11.8. The Labute approximate surface area is 140 Å². The minimum absolute atomic E-state index is 0.265. The molecule has 0 aliphatic carbocycles. The Morgan fingerprint density at radius 3 is 2.67 bits per heavy atom. The molecule has 106 valence electrons. The number of carbonyl (C=O) groups is 1. The van der Waals surface area contributed by atoms with E-state index < -0.39 is 5.97 Å². The van der Waals surface area contributed by atoms with E-state index in [9.17, 15) is 4.79 Å². The highest BCUT2D eigenvalue weighted by Crippen LogP contribution is 2.34. The maximum absolute atomic E-state index is 12.2. The molecule has 0 amide bonds. The van der Waals surface area contributed by atoms with E-state index in [1.165, 1.54) is 13.2 Å². The Balaban J connectivity index is 2.38. The van der Waals surface area contributed by atoms with Crippen LogP contribution in [0.4, 0.5) is 0 Å². The van der Waals surface area contributed by atoms with Gasteiger partial charge in [-0.25, -0.2) is 4.79 Å². The summed E-state index contributed by atoms with van der Waals surface area (Å²) in [5.41, 5.74) is 0.690. The quantitative estimate of drug-likeness (QED) is 0.433. The van der Waals surface area contributed by atoms with Crippen molar-refractivity contribution in [2.45, 2.75) is 0 Å². The van der Waals surface area contributed by atoms with Crippen LogP contribution in [0, 0.1) is 14.9 Å². The van der Waals surface area contributed by atoms with E-state index in [-0.39, 0.29) is 11.3 Å². The number of esters is 1. The first-order valence-corrected chi connectivity index (χ1v) is 7.27. The smallest absolute Gasteiger partial charge is 0.345 e. The zero-order valence-electron chi connectivity index (χ0n) is 10.9. The van der Waals surface area contributed by atoms with Gasteiger partial charge in [-0.3, -0.25) is 0 Å². The molecule has 0 aliphatic rings. The fourth-order valence-electron chi connectivity index (χ4n) is 1.66. The summed E-state index contributed by atoms with van der Waals surface area (Å²) in [7, 11) is 1.44. The molecule has 0 unspecified atom stereocenters. The van der Waals surface area contributed by atoms with Gasteiger partial charge >= 0.3 is 5.97 Å². The van der Waals surface area contributed by atoms with Crippen LogP contribution in [0.2, 0.25) is 5.02 Å². The summed E-state index contributed by atoms with van der Waals surface area (Å²) in [6.45, 7) is 0. The number of hydrogen-bond donors (Lipinski definition) is 0. The van der Waals surface area contributed by atoms with Crippen molar-refractivity contribution in [2.24, 2.45) is 0 Å². The van der Waals surface area contributed by atoms with Crippen LogP contribution in [0.15, 0.2) is 36.4 Å². The van der Waals surface area contributed by atoms with Crippen LogP contribution in [-0.2, 0) is 0 Å². The number of ether oxygens (including phenoxy) is 2. The van der Waals surface area contributed by atoms with Crippen molar-refractivity contribution >= 4 is 40.2 Å². The maximum Gasteiger partial charge on any atom is 0.345 e. The summed E-state index contributed by atoms with van der Waals surface area (Å²) >= 11 is 7.95. The molecule has 4 nitrogen and oxygen atoms in total. The first-order chi connectivity index (χ1) is 10.1. The summed E-state index contributed by atoms with van der Waals surface area (Å²) in [5.74, 6) is 0.00222. The molecule has 21 heavy (non-hydrogen) atoms. The Hall–Kier alpha value is -1.78. The molecular formula is C15H9ClINO3. The third-order valence-corrected chi connectivity index (χ3v) is 3.78. The van der Waals surface area contributed by atoms with Crippen LogP contribution >= 0.6 is 34.2 Å². The predicted molar refractivity (Wildman–Crippen MR) is 86.8 cm³/mol. The molecule has 0 spiro atoms. The third kappa shape index (κ3) is 3.46. The standard InChI is InChI=1S/C15H9ClINO3/c1-20-13-7-9(8-18)6-12(17)14(13)21-15(19)10-4-2-3-5-11(10)16/h2-7H,1H3. The second kappa shape index (κ2) is 6.78. The Morgan fingerprint density at radius 2 is 2.05 bits per heavy atom. The highest BCUT2D eigenvalue weighted by atomic mass is 127. The van der Waals surface area contributed by atoms with Gasteiger partial charge in [0.25, 0.3) is 0 Å². The highest BCUT2D eigenvalue weighted by molar-refractivity contribution is 14.1. The highest BCUT2D eigenvalue weighted by Gasteiger charge is 2.18. The van der Waals surface area contributed by atoms with Gasteiger partial charge in [0.1, 0.15) is 0 Å². The van der Waals surface area contributed by atoms with Crippen molar-refractivity contribution in [2.75, 3.05) is 7.11 Å². The summed E-state index contributed by atoms with van der Waals surface area (Å²) < 4.78 is 11.1. The number of rotatable bonds is 3. The van der Waals surface area contributed by atoms with Crippen molar-refractivity contribution in [1.82, 2.24) is 0 Å². The minimum atomic E-state index is -0.582. The van der Waals surface area contributed by atoms with Crippen molar-refractivity contribution < 1.29 is 14.3 Å². The summed E-state index contributed by atoms with van der Waals surface area (Å²) in [4.78, 5) is 12.2. The van der Waals surface area contributed by atoms with Crippen LogP contribution in [0.25, 0.3) is 0 Å². The Morgan fingerprint density at radius 1 is 1.33 bits per heavy atom. The normalized spacial score (nSPS) is 9.81. The number of methoxy groups -OCH3 is 1. The van der Waals surface area contributed by atoms with Crippen LogP contribution < -0.4 is 9.47 Å². The predicted octanol–water partition coefficient (Wildman–Crippen LogP) is 4.04. The van der Waals surface area contributed by atoms with Gasteiger partial charge in [0.2, 0.25) is 0 Å². The van der Waals surface area contributed by atoms with Crippen molar-refractivity contribution in [3.63, 3.8) is 0 Å². The lowest BCUT2D eigenvalue weighted by Gasteiger charge is -2.12. The largest absolute Gasteiger partial charge is 0.493 e. The number of hydrogen-bond acceptors (Lipinski definition) is 4. The van der Waals surface area contributed by atoms with Gasteiger partial charge in [-0.1, -0.05) is 23.7 Å². The SMILES string of the molecule is COc1cc(C#N)cc(I)c1OC(=O)c1ccccc1Cl. The topological polar surface area (TPSA) is 59.3 Å². The molecule has 0 N–H and O–H groups in total. The molecule has 0 fully saturated rings. The fraction of sp³-hybridized carbons (Fsp3) is 0.0667. The van der Waals surface area contributed by atoms with Crippen LogP contribution in [0.1, 0.15) is 15.9 Å². The number of nitriles is 1. The molecule has 0 saturated carbocycles. The van der Waals surface area contributed by atoms with E-state index in [0.29, 0.717) is 19.9 Å². The maximum atomic E-state index is 12.2. The number of benzene rings is 2. The molecule has 0 heterocycles. The van der Waals surface area contributed by atoms with Crippen molar-refractivity contribution in [1.29, 1.82) is 5.26 Å². The molecule has 0 bridgehead atoms. The van der Waals surface area contributed by atoms with E-state index >= 15 is 0 Å². The average Bonchev–Trinajstić information content (AvgIpc) is 2.49.